The van der Waals surface area contributed by atoms with Gasteiger partial charge in [-0.1, -0.05) is 11.8 Å². The fraction of sp³-hybridized carbons (Fsp3) is 0.625. The van der Waals surface area contributed by atoms with Gasteiger partial charge in [0.05, 0.1) is 10.3 Å². The van der Waals surface area contributed by atoms with Gasteiger partial charge in [-0.3, -0.25) is 4.79 Å². The minimum absolute atomic E-state index is 0.132. The van der Waals surface area contributed by atoms with E-state index in [4.69, 9.17) is 0 Å². The molecular weight excluding hydrogens is 346 g/mol. The van der Waals surface area contributed by atoms with Crippen LogP contribution in [0.3, 0.4) is 0 Å². The van der Waals surface area contributed by atoms with E-state index in [-0.39, 0.29) is 16.1 Å². The molecular formula is C16H23N3O3S2. The minimum atomic E-state index is -3.43. The summed E-state index contributed by atoms with van der Waals surface area (Å²) in [7, 11) is -3.43. The zero-order valence-corrected chi connectivity index (χ0v) is 15.5. The normalized spacial score (nSPS) is 20.5. The Bertz CT molecular complexity index is 679. The van der Waals surface area contributed by atoms with Crippen molar-refractivity contribution >= 4 is 27.7 Å². The lowest BCUT2D eigenvalue weighted by Gasteiger charge is -2.19. The topological polar surface area (TPSA) is 70.6 Å². The average Bonchev–Trinajstić information content (AvgIpc) is 3.28. The molecule has 2 saturated heterocycles. The second-order valence-corrected chi connectivity index (χ2v) is 9.53. The Balaban J connectivity index is 1.65. The highest BCUT2D eigenvalue weighted by atomic mass is 32.2. The van der Waals surface area contributed by atoms with Crippen LogP contribution in [-0.2, 0) is 14.8 Å². The van der Waals surface area contributed by atoms with Gasteiger partial charge in [0, 0.05) is 32.4 Å². The van der Waals surface area contributed by atoms with Crippen LogP contribution in [0.25, 0.3) is 0 Å². The van der Waals surface area contributed by atoms with Crippen LogP contribution >= 0.6 is 11.8 Å². The summed E-state index contributed by atoms with van der Waals surface area (Å²) >= 11 is 1.38. The summed E-state index contributed by atoms with van der Waals surface area (Å²) in [5.74, 6) is 0.132. The highest BCUT2D eigenvalue weighted by molar-refractivity contribution is 8.00. The molecule has 0 saturated carbocycles. The molecule has 1 aromatic heterocycles. The maximum atomic E-state index is 12.5. The van der Waals surface area contributed by atoms with Crippen molar-refractivity contribution in [3.8, 4) is 0 Å². The number of thioether (sulfide) groups is 1. The van der Waals surface area contributed by atoms with Gasteiger partial charge in [0.1, 0.15) is 4.90 Å². The van der Waals surface area contributed by atoms with Crippen LogP contribution in [0.1, 0.15) is 32.6 Å². The highest BCUT2D eigenvalue weighted by Crippen LogP contribution is 2.26. The number of carbonyl (C=O) groups is 1. The quantitative estimate of drug-likeness (QED) is 0.742. The molecule has 6 nitrogen and oxygen atoms in total. The molecule has 2 aliphatic heterocycles. The lowest BCUT2D eigenvalue weighted by molar-refractivity contribution is -0.129. The van der Waals surface area contributed by atoms with Gasteiger partial charge < -0.3 is 4.90 Å². The van der Waals surface area contributed by atoms with Crippen LogP contribution in [0, 0.1) is 0 Å². The number of pyridine rings is 1. The standard InChI is InChI=1S/C16H23N3O3S2/c1-13(16(20)18-8-2-3-9-18)23-15-7-6-14(12-17-15)24(21,22)19-10-4-5-11-19/h6-7,12-13H,2-5,8-11H2,1H3/t13-/m0/s1. The van der Waals surface area contributed by atoms with Gasteiger partial charge in [-0.15, -0.1) is 0 Å². The molecule has 1 amide bonds. The van der Waals surface area contributed by atoms with Gasteiger partial charge in [-0.25, -0.2) is 13.4 Å². The van der Waals surface area contributed by atoms with Crippen molar-refractivity contribution in [3.05, 3.63) is 18.3 Å². The Morgan fingerprint density at radius 3 is 2.33 bits per heavy atom. The molecule has 132 valence electrons. The third-order valence-corrected chi connectivity index (χ3v) is 7.40. The summed E-state index contributed by atoms with van der Waals surface area (Å²) < 4.78 is 26.4. The third-order valence-electron chi connectivity index (χ3n) is 4.48. The fourth-order valence-electron chi connectivity index (χ4n) is 3.09. The first-order chi connectivity index (χ1) is 11.5. The van der Waals surface area contributed by atoms with Crippen LogP contribution in [0.2, 0.25) is 0 Å². The second kappa shape index (κ2) is 7.41. The second-order valence-electron chi connectivity index (χ2n) is 6.24. The molecule has 0 aliphatic carbocycles. The molecule has 0 spiro atoms. The molecule has 0 aromatic carbocycles. The third kappa shape index (κ3) is 3.75. The minimum Gasteiger partial charge on any atom is -0.342 e. The Kier molecular flexibility index (Phi) is 5.46. The first-order valence-electron chi connectivity index (χ1n) is 8.40. The van der Waals surface area contributed by atoms with Crippen LogP contribution < -0.4 is 0 Å². The molecule has 3 rings (SSSR count). The summed E-state index contributed by atoms with van der Waals surface area (Å²) in [6, 6.07) is 3.29. The van der Waals surface area contributed by atoms with Crippen molar-refractivity contribution in [2.24, 2.45) is 0 Å². The summed E-state index contributed by atoms with van der Waals surface area (Å²) in [6.45, 7) is 4.72. The zero-order chi connectivity index (χ0) is 17.2. The van der Waals surface area contributed by atoms with Gasteiger partial charge in [-0.05, 0) is 44.7 Å². The van der Waals surface area contributed by atoms with Crippen molar-refractivity contribution < 1.29 is 13.2 Å². The molecule has 0 bridgehead atoms. The summed E-state index contributed by atoms with van der Waals surface area (Å²) in [4.78, 5) is 18.7. The number of aromatic nitrogens is 1. The fourth-order valence-corrected chi connectivity index (χ4v) is 5.43. The smallest absolute Gasteiger partial charge is 0.244 e. The molecule has 0 radical (unpaired) electrons. The number of carbonyl (C=O) groups excluding carboxylic acids is 1. The first-order valence-corrected chi connectivity index (χ1v) is 10.7. The predicted molar refractivity (Wildman–Crippen MR) is 93.4 cm³/mol. The van der Waals surface area contributed by atoms with E-state index in [1.54, 1.807) is 12.1 Å². The molecule has 1 aromatic rings. The van der Waals surface area contributed by atoms with E-state index in [2.05, 4.69) is 4.98 Å². The lowest BCUT2D eigenvalue weighted by Crippen LogP contribution is -2.34. The van der Waals surface area contributed by atoms with Crippen LogP contribution in [0.15, 0.2) is 28.3 Å². The first kappa shape index (κ1) is 17.7. The maximum absolute atomic E-state index is 12.5. The summed E-state index contributed by atoms with van der Waals surface area (Å²) in [5.41, 5.74) is 0. The molecule has 2 fully saturated rings. The largest absolute Gasteiger partial charge is 0.342 e. The van der Waals surface area contributed by atoms with E-state index in [9.17, 15) is 13.2 Å². The van der Waals surface area contributed by atoms with Crippen molar-refractivity contribution in [1.29, 1.82) is 0 Å². The highest BCUT2D eigenvalue weighted by Gasteiger charge is 2.28. The number of hydrogen-bond acceptors (Lipinski definition) is 5. The van der Waals surface area contributed by atoms with Crippen LogP contribution in [-0.4, -0.2) is 59.9 Å². The SMILES string of the molecule is C[C@H](Sc1ccc(S(=O)(=O)N2CCCC2)cn1)C(=O)N1CCCC1. The van der Waals surface area contributed by atoms with E-state index in [0.29, 0.717) is 18.1 Å². The predicted octanol–water partition coefficient (Wildman–Crippen LogP) is 1.97. The maximum Gasteiger partial charge on any atom is 0.244 e. The zero-order valence-electron chi connectivity index (χ0n) is 13.8. The molecule has 24 heavy (non-hydrogen) atoms. The van der Waals surface area contributed by atoms with Crippen molar-refractivity contribution in [1.82, 2.24) is 14.2 Å². The Labute approximate surface area is 147 Å². The van der Waals surface area contributed by atoms with E-state index >= 15 is 0 Å². The van der Waals surface area contributed by atoms with Gasteiger partial charge in [0.25, 0.3) is 0 Å². The van der Waals surface area contributed by atoms with E-state index in [1.807, 2.05) is 11.8 Å². The van der Waals surface area contributed by atoms with E-state index < -0.39 is 10.0 Å². The monoisotopic (exact) mass is 369 g/mol. The van der Waals surface area contributed by atoms with Crippen LogP contribution in [0.5, 0.6) is 0 Å². The number of amides is 1. The number of nitrogens with zero attached hydrogens (tertiary/aromatic N) is 3. The molecule has 1 atom stereocenters. The molecule has 3 heterocycles. The van der Waals surface area contributed by atoms with E-state index in [0.717, 1.165) is 38.8 Å². The van der Waals surface area contributed by atoms with Gasteiger partial charge in [0.15, 0.2) is 0 Å². The molecule has 2 aliphatic rings. The van der Waals surface area contributed by atoms with Crippen molar-refractivity contribution in [3.63, 3.8) is 0 Å². The van der Waals surface area contributed by atoms with E-state index in [1.165, 1.54) is 22.3 Å². The molecule has 0 N–H and O–H groups in total. The average molecular weight is 370 g/mol. The van der Waals surface area contributed by atoms with Crippen molar-refractivity contribution in [2.45, 2.75) is 47.8 Å². The molecule has 0 unspecified atom stereocenters. The Hall–Kier alpha value is -1.12. The number of likely N-dealkylation sites (tertiary alicyclic amines) is 1. The lowest BCUT2D eigenvalue weighted by atomic mass is 10.4. The van der Waals surface area contributed by atoms with Crippen LogP contribution in [0.4, 0.5) is 0 Å². The number of hydrogen-bond donors (Lipinski definition) is 0. The summed E-state index contributed by atoms with van der Waals surface area (Å²) in [5, 5.41) is 0.465. The number of rotatable bonds is 5. The Morgan fingerprint density at radius 1 is 1.12 bits per heavy atom. The van der Waals surface area contributed by atoms with Gasteiger partial charge in [0.2, 0.25) is 15.9 Å². The molecule has 8 heteroatoms. The van der Waals surface area contributed by atoms with Gasteiger partial charge in [-0.2, -0.15) is 4.31 Å². The summed E-state index contributed by atoms with van der Waals surface area (Å²) in [6.07, 6.45) is 5.38. The Morgan fingerprint density at radius 2 is 1.75 bits per heavy atom. The number of sulfonamides is 1. The van der Waals surface area contributed by atoms with Gasteiger partial charge >= 0.3 is 0 Å². The van der Waals surface area contributed by atoms with Crippen molar-refractivity contribution in [2.75, 3.05) is 26.2 Å².